The summed E-state index contributed by atoms with van der Waals surface area (Å²) in [6.45, 7) is 5.09. The van der Waals surface area contributed by atoms with Crippen LogP contribution >= 0.6 is 0 Å². The molecule has 2 rings (SSSR count). The van der Waals surface area contributed by atoms with Gasteiger partial charge in [0, 0.05) is 19.8 Å². The third kappa shape index (κ3) is 5.18. The first-order chi connectivity index (χ1) is 13.4. The average Bonchev–Trinajstić information content (AvgIpc) is 2.63. The van der Waals surface area contributed by atoms with Crippen LogP contribution in [0.3, 0.4) is 0 Å². The normalized spacial score (nSPS) is 12.5. The number of hydrogen-bond acceptors (Lipinski definition) is 5. The average molecular weight is 422 g/mol. The molecular formula is C20H23FN2O5S. The Kier molecular flexibility index (Phi) is 6.76. The number of carbonyl (C=O) groups excluding carboxylic acids is 2. The lowest BCUT2D eigenvalue weighted by atomic mass is 10.1. The van der Waals surface area contributed by atoms with Crippen LogP contribution in [-0.2, 0) is 19.6 Å². The Hall–Kier alpha value is -2.78. The Morgan fingerprint density at radius 2 is 1.76 bits per heavy atom. The fourth-order valence-electron chi connectivity index (χ4n) is 2.50. The van der Waals surface area contributed by atoms with Crippen molar-refractivity contribution in [3.63, 3.8) is 0 Å². The van der Waals surface area contributed by atoms with Crippen molar-refractivity contribution in [1.82, 2.24) is 4.31 Å². The van der Waals surface area contributed by atoms with Gasteiger partial charge < -0.3 is 10.1 Å². The lowest BCUT2D eigenvalue weighted by Crippen LogP contribution is -2.30. The molecule has 1 atom stereocenters. The van der Waals surface area contributed by atoms with Crippen molar-refractivity contribution in [2.45, 2.75) is 31.8 Å². The van der Waals surface area contributed by atoms with Gasteiger partial charge in [0.25, 0.3) is 5.91 Å². The summed E-state index contributed by atoms with van der Waals surface area (Å²) in [5, 5.41) is 2.65. The predicted octanol–water partition coefficient (Wildman–Crippen LogP) is 2.88. The first-order valence-electron chi connectivity index (χ1n) is 8.74. The fourth-order valence-corrected chi connectivity index (χ4v) is 3.43. The van der Waals surface area contributed by atoms with Crippen molar-refractivity contribution in [2.75, 3.05) is 19.4 Å². The van der Waals surface area contributed by atoms with Crippen LogP contribution in [0, 0.1) is 19.7 Å². The summed E-state index contributed by atoms with van der Waals surface area (Å²) >= 11 is 0. The number of halogens is 1. The second-order valence-electron chi connectivity index (χ2n) is 6.78. The molecule has 29 heavy (non-hydrogen) atoms. The van der Waals surface area contributed by atoms with Gasteiger partial charge in [0.05, 0.1) is 10.5 Å². The molecular weight excluding hydrogens is 399 g/mol. The summed E-state index contributed by atoms with van der Waals surface area (Å²) in [5.74, 6) is -2.68. The van der Waals surface area contributed by atoms with Crippen molar-refractivity contribution < 1.29 is 27.1 Å². The molecule has 0 unspecified atom stereocenters. The molecule has 0 aromatic heterocycles. The fraction of sp³-hybridized carbons (Fsp3) is 0.300. The standard InChI is InChI=1S/C20H23FN2O5S/c1-12-6-9-18(13(2)10-12)22-19(24)14(3)28-20(25)16-11-15(7-8-17(16)21)29(26,27)23(4)5/h6-11,14H,1-5H3,(H,22,24)/t14-/m0/s1. The highest BCUT2D eigenvalue weighted by Crippen LogP contribution is 2.20. The van der Waals surface area contributed by atoms with E-state index in [0.717, 1.165) is 33.6 Å². The summed E-state index contributed by atoms with van der Waals surface area (Å²) in [5.41, 5.74) is 1.86. The molecule has 0 spiro atoms. The first kappa shape index (κ1) is 22.5. The van der Waals surface area contributed by atoms with Crippen molar-refractivity contribution in [2.24, 2.45) is 0 Å². The number of anilines is 1. The van der Waals surface area contributed by atoms with E-state index in [1.54, 1.807) is 6.07 Å². The van der Waals surface area contributed by atoms with Crippen LogP contribution in [0.4, 0.5) is 10.1 Å². The number of ether oxygens (including phenoxy) is 1. The van der Waals surface area contributed by atoms with Gasteiger partial charge in [-0.2, -0.15) is 0 Å². The van der Waals surface area contributed by atoms with Crippen molar-refractivity contribution in [1.29, 1.82) is 0 Å². The molecule has 0 aliphatic heterocycles. The number of nitrogens with zero attached hydrogens (tertiary/aromatic N) is 1. The first-order valence-corrected chi connectivity index (χ1v) is 10.2. The van der Waals surface area contributed by atoms with E-state index in [1.807, 2.05) is 26.0 Å². The zero-order chi connectivity index (χ0) is 21.9. The molecule has 0 bridgehead atoms. The van der Waals surface area contributed by atoms with Crippen LogP contribution in [-0.4, -0.2) is 44.8 Å². The van der Waals surface area contributed by atoms with Gasteiger partial charge in [-0.1, -0.05) is 17.7 Å². The maximum absolute atomic E-state index is 14.1. The summed E-state index contributed by atoms with van der Waals surface area (Å²) < 4.78 is 44.5. The van der Waals surface area contributed by atoms with Crippen molar-refractivity contribution in [3.05, 3.63) is 58.9 Å². The van der Waals surface area contributed by atoms with Gasteiger partial charge in [-0.15, -0.1) is 0 Å². The van der Waals surface area contributed by atoms with Crippen LogP contribution in [0.15, 0.2) is 41.3 Å². The number of nitrogens with one attached hydrogen (secondary N) is 1. The quantitative estimate of drug-likeness (QED) is 0.723. The molecule has 0 saturated heterocycles. The van der Waals surface area contributed by atoms with Gasteiger partial charge in [0.1, 0.15) is 5.82 Å². The molecule has 0 aliphatic carbocycles. The third-order valence-electron chi connectivity index (χ3n) is 4.23. The molecule has 2 aromatic carbocycles. The maximum Gasteiger partial charge on any atom is 0.341 e. The molecule has 7 nitrogen and oxygen atoms in total. The second kappa shape index (κ2) is 8.71. The van der Waals surface area contributed by atoms with E-state index in [9.17, 15) is 22.4 Å². The van der Waals surface area contributed by atoms with Crippen LogP contribution in [0.2, 0.25) is 0 Å². The lowest BCUT2D eigenvalue weighted by Gasteiger charge is -2.16. The number of aryl methyl sites for hydroxylation is 2. The number of amides is 1. The molecule has 0 fully saturated rings. The summed E-state index contributed by atoms with van der Waals surface area (Å²) in [6.07, 6.45) is -1.23. The monoisotopic (exact) mass is 422 g/mol. The van der Waals surface area contributed by atoms with Gasteiger partial charge >= 0.3 is 5.97 Å². The topological polar surface area (TPSA) is 92.8 Å². The summed E-state index contributed by atoms with van der Waals surface area (Å²) in [4.78, 5) is 24.4. The van der Waals surface area contributed by atoms with Gasteiger partial charge in [-0.05, 0) is 50.6 Å². The molecule has 156 valence electrons. The Labute approximate surface area is 169 Å². The van der Waals surface area contributed by atoms with E-state index in [4.69, 9.17) is 4.74 Å². The van der Waals surface area contributed by atoms with E-state index >= 15 is 0 Å². The van der Waals surface area contributed by atoms with Gasteiger partial charge in [0.15, 0.2) is 6.10 Å². The molecule has 2 aromatic rings. The molecule has 0 saturated carbocycles. The number of rotatable bonds is 6. The molecule has 0 aliphatic rings. The zero-order valence-corrected chi connectivity index (χ0v) is 17.6. The minimum absolute atomic E-state index is 0.261. The Morgan fingerprint density at radius 1 is 1.10 bits per heavy atom. The van der Waals surface area contributed by atoms with E-state index in [2.05, 4.69) is 5.32 Å². The van der Waals surface area contributed by atoms with Crippen molar-refractivity contribution in [3.8, 4) is 0 Å². The molecule has 0 radical (unpaired) electrons. The Balaban J connectivity index is 2.17. The number of carbonyl (C=O) groups is 2. The van der Waals surface area contributed by atoms with Crippen LogP contribution in [0.25, 0.3) is 0 Å². The predicted molar refractivity (Wildman–Crippen MR) is 107 cm³/mol. The summed E-state index contributed by atoms with van der Waals surface area (Å²) in [6, 6.07) is 8.25. The lowest BCUT2D eigenvalue weighted by molar-refractivity contribution is -0.123. The van der Waals surface area contributed by atoms with Crippen LogP contribution in [0.1, 0.15) is 28.4 Å². The third-order valence-corrected chi connectivity index (χ3v) is 6.04. The number of benzene rings is 2. The van der Waals surface area contributed by atoms with E-state index < -0.39 is 39.4 Å². The van der Waals surface area contributed by atoms with Crippen LogP contribution in [0.5, 0.6) is 0 Å². The van der Waals surface area contributed by atoms with Crippen LogP contribution < -0.4 is 5.32 Å². The molecule has 1 amide bonds. The Bertz CT molecular complexity index is 1050. The second-order valence-corrected chi connectivity index (χ2v) is 8.94. The van der Waals surface area contributed by atoms with Gasteiger partial charge in [-0.3, -0.25) is 4.79 Å². The maximum atomic E-state index is 14.1. The Morgan fingerprint density at radius 3 is 2.34 bits per heavy atom. The molecule has 9 heteroatoms. The highest BCUT2D eigenvalue weighted by atomic mass is 32.2. The molecule has 0 heterocycles. The number of esters is 1. The number of sulfonamides is 1. The van der Waals surface area contributed by atoms with Crippen molar-refractivity contribution >= 4 is 27.6 Å². The minimum Gasteiger partial charge on any atom is -0.449 e. The SMILES string of the molecule is Cc1ccc(NC(=O)[C@H](C)OC(=O)c2cc(S(=O)(=O)N(C)C)ccc2F)c(C)c1. The van der Waals surface area contributed by atoms with Gasteiger partial charge in [-0.25, -0.2) is 21.9 Å². The van der Waals surface area contributed by atoms with E-state index in [-0.39, 0.29) is 4.90 Å². The van der Waals surface area contributed by atoms with E-state index in [0.29, 0.717) is 5.69 Å². The summed E-state index contributed by atoms with van der Waals surface area (Å²) in [7, 11) is -1.23. The highest BCUT2D eigenvalue weighted by Gasteiger charge is 2.25. The highest BCUT2D eigenvalue weighted by molar-refractivity contribution is 7.89. The minimum atomic E-state index is -3.86. The van der Waals surface area contributed by atoms with E-state index in [1.165, 1.54) is 21.0 Å². The zero-order valence-electron chi connectivity index (χ0n) is 16.8. The molecule has 1 N–H and O–H groups in total. The smallest absolute Gasteiger partial charge is 0.341 e. The largest absolute Gasteiger partial charge is 0.449 e. The number of hydrogen-bond donors (Lipinski definition) is 1. The van der Waals surface area contributed by atoms with Gasteiger partial charge in [0.2, 0.25) is 10.0 Å².